The molecule has 0 radical (unpaired) electrons. The van der Waals surface area contributed by atoms with Gasteiger partial charge >= 0.3 is 0 Å². The molecule has 1 aliphatic heterocycles. The van der Waals surface area contributed by atoms with Crippen molar-refractivity contribution in [3.8, 4) is 0 Å². The van der Waals surface area contributed by atoms with Crippen molar-refractivity contribution in [3.63, 3.8) is 0 Å². The Morgan fingerprint density at radius 3 is 2.86 bits per heavy atom. The molecule has 5 nitrogen and oxygen atoms in total. The second kappa shape index (κ2) is 5.65. The smallest absolute Gasteiger partial charge is 0.245 e. The normalized spacial score (nSPS) is 16.7. The van der Waals surface area contributed by atoms with Gasteiger partial charge in [0.15, 0.2) is 0 Å². The van der Waals surface area contributed by atoms with Crippen LogP contribution < -0.4 is 5.32 Å². The van der Waals surface area contributed by atoms with Crippen LogP contribution in [-0.4, -0.2) is 40.9 Å². The lowest BCUT2D eigenvalue weighted by Crippen LogP contribution is -2.51. The summed E-state index contributed by atoms with van der Waals surface area (Å²) in [4.78, 5) is 25.8. The topological polar surface area (TPSA) is 54.3 Å². The zero-order valence-electron chi connectivity index (χ0n) is 12.6. The number of hydrogen-bond acceptors (Lipinski definition) is 2. The number of carbonyl (C=O) groups is 2. The van der Waals surface area contributed by atoms with Gasteiger partial charge in [-0.25, -0.2) is 0 Å². The fourth-order valence-electron chi connectivity index (χ4n) is 3.06. The van der Waals surface area contributed by atoms with Gasteiger partial charge in [0.1, 0.15) is 6.04 Å². The molecule has 1 aliphatic rings. The van der Waals surface area contributed by atoms with Gasteiger partial charge in [-0.2, -0.15) is 0 Å². The van der Waals surface area contributed by atoms with Gasteiger partial charge in [-0.15, -0.1) is 0 Å². The van der Waals surface area contributed by atoms with E-state index in [4.69, 9.17) is 11.6 Å². The molecule has 1 fully saturated rings. The second-order valence-electron chi connectivity index (χ2n) is 5.64. The quantitative estimate of drug-likeness (QED) is 0.922. The van der Waals surface area contributed by atoms with E-state index in [1.807, 2.05) is 42.7 Å². The van der Waals surface area contributed by atoms with Crippen molar-refractivity contribution in [1.82, 2.24) is 14.8 Å². The average Bonchev–Trinajstić information content (AvgIpc) is 2.80. The molecule has 2 heterocycles. The highest BCUT2D eigenvalue weighted by Crippen LogP contribution is 2.27. The van der Waals surface area contributed by atoms with E-state index < -0.39 is 0 Å². The van der Waals surface area contributed by atoms with Crippen LogP contribution in [0.5, 0.6) is 0 Å². The summed E-state index contributed by atoms with van der Waals surface area (Å²) in [5, 5.41) is 4.43. The first kappa shape index (κ1) is 14.9. The molecule has 2 aromatic rings. The van der Waals surface area contributed by atoms with Gasteiger partial charge in [-0.1, -0.05) is 11.6 Å². The SMILES string of the molecule is Cc1cc2cc(Cl)ccc2n1C(C)C(=O)N1CCNC(=O)C1. The van der Waals surface area contributed by atoms with E-state index in [1.54, 1.807) is 4.90 Å². The largest absolute Gasteiger partial charge is 0.353 e. The first-order valence-electron chi connectivity index (χ1n) is 7.30. The summed E-state index contributed by atoms with van der Waals surface area (Å²) < 4.78 is 2.00. The molecule has 6 heteroatoms. The molecule has 0 saturated carbocycles. The molecule has 3 rings (SSSR count). The number of halogens is 1. The molecular formula is C16H18ClN3O2. The van der Waals surface area contributed by atoms with Gasteiger partial charge in [0.05, 0.1) is 6.54 Å². The Bertz CT molecular complexity index is 753. The van der Waals surface area contributed by atoms with Crippen molar-refractivity contribution in [2.24, 2.45) is 0 Å². The summed E-state index contributed by atoms with van der Waals surface area (Å²) >= 11 is 6.03. The Morgan fingerprint density at radius 1 is 1.36 bits per heavy atom. The molecule has 0 aliphatic carbocycles. The van der Waals surface area contributed by atoms with E-state index in [2.05, 4.69) is 5.32 Å². The van der Waals surface area contributed by atoms with Crippen LogP contribution in [0.2, 0.25) is 5.02 Å². The van der Waals surface area contributed by atoms with E-state index in [-0.39, 0.29) is 24.4 Å². The average molecular weight is 320 g/mol. The van der Waals surface area contributed by atoms with Gasteiger partial charge in [0, 0.05) is 34.7 Å². The molecule has 1 N–H and O–H groups in total. The van der Waals surface area contributed by atoms with Crippen LogP contribution in [-0.2, 0) is 9.59 Å². The standard InChI is InChI=1S/C16H18ClN3O2/c1-10-7-12-8-13(17)3-4-14(12)20(10)11(2)16(22)19-6-5-18-15(21)9-19/h3-4,7-8,11H,5-6,9H2,1-2H3,(H,18,21). The van der Waals surface area contributed by atoms with Crippen molar-refractivity contribution in [2.45, 2.75) is 19.9 Å². The van der Waals surface area contributed by atoms with Gasteiger partial charge in [-0.3, -0.25) is 9.59 Å². The molecule has 1 atom stereocenters. The van der Waals surface area contributed by atoms with Crippen LogP contribution in [0.25, 0.3) is 10.9 Å². The van der Waals surface area contributed by atoms with Crippen LogP contribution in [0.4, 0.5) is 0 Å². The molecule has 22 heavy (non-hydrogen) atoms. The second-order valence-corrected chi connectivity index (χ2v) is 6.08. The fraction of sp³-hybridized carbons (Fsp3) is 0.375. The Morgan fingerprint density at radius 2 is 2.14 bits per heavy atom. The summed E-state index contributed by atoms with van der Waals surface area (Å²) in [5.41, 5.74) is 1.98. The highest BCUT2D eigenvalue weighted by molar-refractivity contribution is 6.31. The zero-order chi connectivity index (χ0) is 15.9. The maximum Gasteiger partial charge on any atom is 0.245 e. The Hall–Kier alpha value is -2.01. The van der Waals surface area contributed by atoms with Crippen molar-refractivity contribution in [3.05, 3.63) is 35.0 Å². The van der Waals surface area contributed by atoms with Gasteiger partial charge < -0.3 is 14.8 Å². The number of piperazine rings is 1. The number of nitrogens with one attached hydrogen (secondary N) is 1. The monoisotopic (exact) mass is 319 g/mol. The van der Waals surface area contributed by atoms with Crippen molar-refractivity contribution < 1.29 is 9.59 Å². The molecule has 0 spiro atoms. The van der Waals surface area contributed by atoms with Crippen molar-refractivity contribution in [2.75, 3.05) is 19.6 Å². The minimum atomic E-state index is -0.357. The van der Waals surface area contributed by atoms with Gasteiger partial charge in [0.2, 0.25) is 11.8 Å². The maximum absolute atomic E-state index is 12.7. The molecule has 2 amide bonds. The van der Waals surface area contributed by atoms with Crippen LogP contribution in [0.1, 0.15) is 18.7 Å². The third-order valence-electron chi connectivity index (χ3n) is 4.09. The molecule has 1 saturated heterocycles. The molecule has 116 valence electrons. The van der Waals surface area contributed by atoms with Crippen molar-refractivity contribution >= 4 is 34.3 Å². The van der Waals surface area contributed by atoms with Crippen LogP contribution >= 0.6 is 11.6 Å². The number of nitrogens with zero attached hydrogens (tertiary/aromatic N) is 2. The third-order valence-corrected chi connectivity index (χ3v) is 4.32. The number of fused-ring (bicyclic) bond motifs is 1. The number of aromatic nitrogens is 1. The van der Waals surface area contributed by atoms with Gasteiger partial charge in [-0.05, 0) is 38.1 Å². The maximum atomic E-state index is 12.7. The number of aryl methyl sites for hydroxylation is 1. The van der Waals surface area contributed by atoms with E-state index in [9.17, 15) is 9.59 Å². The van der Waals surface area contributed by atoms with Crippen LogP contribution in [0.15, 0.2) is 24.3 Å². The minimum absolute atomic E-state index is 0.0367. The number of carbonyl (C=O) groups excluding carboxylic acids is 2. The van der Waals surface area contributed by atoms with Crippen LogP contribution in [0, 0.1) is 6.92 Å². The lowest BCUT2D eigenvalue weighted by molar-refractivity contribution is -0.140. The van der Waals surface area contributed by atoms with Crippen LogP contribution in [0.3, 0.4) is 0 Å². The Labute approximate surface area is 133 Å². The summed E-state index contributed by atoms with van der Waals surface area (Å²) in [6.07, 6.45) is 0. The van der Waals surface area contributed by atoms with Gasteiger partial charge in [0.25, 0.3) is 0 Å². The van der Waals surface area contributed by atoms with E-state index in [1.165, 1.54) is 0 Å². The molecule has 0 bridgehead atoms. The summed E-state index contributed by atoms with van der Waals surface area (Å²) in [7, 11) is 0. The minimum Gasteiger partial charge on any atom is -0.353 e. The predicted molar refractivity (Wildman–Crippen MR) is 86.0 cm³/mol. The lowest BCUT2D eigenvalue weighted by atomic mass is 10.2. The number of amides is 2. The van der Waals surface area contributed by atoms with E-state index in [0.717, 1.165) is 16.6 Å². The number of benzene rings is 1. The lowest BCUT2D eigenvalue weighted by Gasteiger charge is -2.30. The fourth-order valence-corrected chi connectivity index (χ4v) is 3.24. The molecule has 1 aromatic carbocycles. The number of hydrogen-bond donors (Lipinski definition) is 1. The van der Waals surface area contributed by atoms with E-state index in [0.29, 0.717) is 18.1 Å². The Balaban J connectivity index is 1.94. The van der Waals surface area contributed by atoms with Crippen molar-refractivity contribution in [1.29, 1.82) is 0 Å². The predicted octanol–water partition coefficient (Wildman–Crippen LogP) is 2.12. The molecular weight excluding hydrogens is 302 g/mol. The summed E-state index contributed by atoms with van der Waals surface area (Å²) in [6.45, 7) is 5.04. The number of rotatable bonds is 2. The first-order valence-corrected chi connectivity index (χ1v) is 7.68. The molecule has 1 unspecified atom stereocenters. The highest BCUT2D eigenvalue weighted by atomic mass is 35.5. The summed E-state index contributed by atoms with van der Waals surface area (Å²) in [6, 6.07) is 7.31. The van der Waals surface area contributed by atoms with E-state index >= 15 is 0 Å². The summed E-state index contributed by atoms with van der Waals surface area (Å²) in [5.74, 6) is -0.141. The third kappa shape index (κ3) is 2.57. The zero-order valence-corrected chi connectivity index (χ0v) is 13.4. The highest BCUT2D eigenvalue weighted by Gasteiger charge is 2.27. The molecule has 1 aromatic heterocycles. The Kier molecular flexibility index (Phi) is 3.83. The first-order chi connectivity index (χ1) is 10.5.